The molecule has 0 aliphatic carbocycles. The largest absolute Gasteiger partial charge is 0.458 e. The van der Waals surface area contributed by atoms with Crippen LogP contribution in [0.1, 0.15) is 11.3 Å². The standard InChI is InChI=1S/C13H17NO3/c1-14(2)8-11-10-6-4-5-7-12(10)17-13(11)9-16-15-3/h4-7H,8-9H2,1-3H3. The average molecular weight is 235 g/mol. The lowest BCUT2D eigenvalue weighted by molar-refractivity contribution is -0.284. The van der Waals surface area contributed by atoms with Gasteiger partial charge in [-0.15, -0.1) is 0 Å². The summed E-state index contributed by atoms with van der Waals surface area (Å²) >= 11 is 0. The Hall–Kier alpha value is -1.36. The van der Waals surface area contributed by atoms with Crippen molar-refractivity contribution < 1.29 is 14.2 Å². The van der Waals surface area contributed by atoms with Crippen molar-refractivity contribution in [1.29, 1.82) is 0 Å². The third-order valence-electron chi connectivity index (χ3n) is 2.56. The molecule has 92 valence electrons. The number of nitrogens with zero attached hydrogens (tertiary/aromatic N) is 1. The zero-order valence-electron chi connectivity index (χ0n) is 10.4. The predicted octanol–water partition coefficient (Wildman–Crippen LogP) is 2.57. The van der Waals surface area contributed by atoms with E-state index in [9.17, 15) is 0 Å². The molecule has 2 aromatic rings. The number of furan rings is 1. The third-order valence-corrected chi connectivity index (χ3v) is 2.56. The van der Waals surface area contributed by atoms with E-state index in [1.54, 1.807) is 0 Å². The zero-order valence-corrected chi connectivity index (χ0v) is 10.4. The van der Waals surface area contributed by atoms with E-state index >= 15 is 0 Å². The molecule has 1 aromatic heterocycles. The maximum atomic E-state index is 5.77. The SMILES string of the molecule is COOCc1oc2ccccc2c1CN(C)C. The van der Waals surface area contributed by atoms with Crippen LogP contribution in [0.5, 0.6) is 0 Å². The summed E-state index contributed by atoms with van der Waals surface area (Å²) < 4.78 is 5.77. The van der Waals surface area contributed by atoms with E-state index in [-0.39, 0.29) is 0 Å². The number of rotatable bonds is 5. The van der Waals surface area contributed by atoms with E-state index in [1.165, 1.54) is 7.11 Å². The van der Waals surface area contributed by atoms with Crippen molar-refractivity contribution in [3.63, 3.8) is 0 Å². The van der Waals surface area contributed by atoms with Gasteiger partial charge < -0.3 is 9.32 Å². The van der Waals surface area contributed by atoms with Crippen molar-refractivity contribution in [3.8, 4) is 0 Å². The molecule has 4 nitrogen and oxygen atoms in total. The van der Waals surface area contributed by atoms with Crippen LogP contribution in [0.2, 0.25) is 0 Å². The summed E-state index contributed by atoms with van der Waals surface area (Å²) in [4.78, 5) is 11.7. The van der Waals surface area contributed by atoms with Crippen LogP contribution in [-0.2, 0) is 22.9 Å². The Kier molecular flexibility index (Phi) is 3.78. The van der Waals surface area contributed by atoms with Crippen molar-refractivity contribution in [3.05, 3.63) is 35.6 Å². The number of benzene rings is 1. The Morgan fingerprint density at radius 2 is 2.00 bits per heavy atom. The van der Waals surface area contributed by atoms with Crippen LogP contribution in [-0.4, -0.2) is 26.1 Å². The first-order valence-corrected chi connectivity index (χ1v) is 5.52. The number of hydrogen-bond acceptors (Lipinski definition) is 4. The number of para-hydroxylation sites is 1. The first kappa shape index (κ1) is 12.1. The fourth-order valence-electron chi connectivity index (χ4n) is 1.87. The molecule has 0 atom stereocenters. The highest BCUT2D eigenvalue weighted by Gasteiger charge is 2.14. The van der Waals surface area contributed by atoms with Gasteiger partial charge in [-0.3, -0.25) is 0 Å². The van der Waals surface area contributed by atoms with E-state index in [0.29, 0.717) is 6.61 Å². The average Bonchev–Trinajstić information content (AvgIpc) is 2.64. The smallest absolute Gasteiger partial charge is 0.140 e. The molecule has 4 heteroatoms. The predicted molar refractivity (Wildman–Crippen MR) is 65.4 cm³/mol. The lowest BCUT2D eigenvalue weighted by Crippen LogP contribution is -2.11. The molecule has 0 amide bonds. The van der Waals surface area contributed by atoms with E-state index in [0.717, 1.165) is 28.8 Å². The molecule has 0 N–H and O–H groups in total. The van der Waals surface area contributed by atoms with E-state index in [4.69, 9.17) is 9.30 Å². The normalized spacial score (nSPS) is 11.5. The van der Waals surface area contributed by atoms with Crippen LogP contribution in [0.15, 0.2) is 28.7 Å². The lowest BCUT2D eigenvalue weighted by Gasteiger charge is -2.09. The summed E-state index contributed by atoms with van der Waals surface area (Å²) in [5, 5.41) is 1.14. The van der Waals surface area contributed by atoms with Gasteiger partial charge in [-0.1, -0.05) is 18.2 Å². The highest BCUT2D eigenvalue weighted by Crippen LogP contribution is 2.27. The van der Waals surface area contributed by atoms with Crippen molar-refractivity contribution in [1.82, 2.24) is 4.90 Å². The second-order valence-electron chi connectivity index (χ2n) is 4.17. The monoisotopic (exact) mass is 235 g/mol. The van der Waals surface area contributed by atoms with Crippen LogP contribution >= 0.6 is 0 Å². The molecular weight excluding hydrogens is 218 g/mol. The minimum Gasteiger partial charge on any atom is -0.458 e. The Bertz CT molecular complexity index is 490. The number of fused-ring (bicyclic) bond motifs is 1. The van der Waals surface area contributed by atoms with Gasteiger partial charge in [0.05, 0.1) is 7.11 Å². The van der Waals surface area contributed by atoms with E-state index in [2.05, 4.69) is 15.9 Å². The first-order valence-electron chi connectivity index (χ1n) is 5.52. The molecule has 0 aliphatic heterocycles. The summed E-state index contributed by atoms with van der Waals surface area (Å²) in [5.41, 5.74) is 2.04. The van der Waals surface area contributed by atoms with Crippen molar-refractivity contribution >= 4 is 11.0 Å². The Morgan fingerprint density at radius 3 is 2.71 bits per heavy atom. The van der Waals surface area contributed by atoms with Crippen LogP contribution in [0, 0.1) is 0 Å². The molecule has 2 rings (SSSR count). The number of hydrogen-bond donors (Lipinski definition) is 0. The van der Waals surface area contributed by atoms with Gasteiger partial charge in [0.2, 0.25) is 0 Å². The molecule has 0 saturated carbocycles. The van der Waals surface area contributed by atoms with Crippen molar-refractivity contribution in [2.45, 2.75) is 13.2 Å². The van der Waals surface area contributed by atoms with Crippen molar-refractivity contribution in [2.24, 2.45) is 0 Å². The van der Waals surface area contributed by atoms with Gasteiger partial charge >= 0.3 is 0 Å². The summed E-state index contributed by atoms with van der Waals surface area (Å²) in [6, 6.07) is 8.00. The van der Waals surface area contributed by atoms with E-state index in [1.807, 2.05) is 32.3 Å². The fraction of sp³-hybridized carbons (Fsp3) is 0.385. The molecule has 0 bridgehead atoms. The zero-order chi connectivity index (χ0) is 12.3. The molecule has 0 fully saturated rings. The second-order valence-corrected chi connectivity index (χ2v) is 4.17. The molecule has 0 spiro atoms. The molecule has 1 heterocycles. The third kappa shape index (κ3) is 2.66. The molecule has 1 aromatic carbocycles. The maximum Gasteiger partial charge on any atom is 0.140 e. The van der Waals surface area contributed by atoms with Crippen LogP contribution in [0.3, 0.4) is 0 Å². The molecule has 0 aliphatic rings. The van der Waals surface area contributed by atoms with Crippen LogP contribution in [0.4, 0.5) is 0 Å². The molecule has 0 unspecified atom stereocenters. The van der Waals surface area contributed by atoms with Gasteiger partial charge in [0, 0.05) is 17.5 Å². The van der Waals surface area contributed by atoms with Gasteiger partial charge in [0.15, 0.2) is 0 Å². The first-order chi connectivity index (χ1) is 8.22. The minimum atomic E-state index is 0.328. The Labute approximate surface area is 101 Å². The Morgan fingerprint density at radius 1 is 1.24 bits per heavy atom. The van der Waals surface area contributed by atoms with E-state index < -0.39 is 0 Å². The van der Waals surface area contributed by atoms with Gasteiger partial charge in [-0.2, -0.15) is 0 Å². The van der Waals surface area contributed by atoms with Crippen LogP contribution in [0.25, 0.3) is 11.0 Å². The highest BCUT2D eigenvalue weighted by molar-refractivity contribution is 5.82. The lowest BCUT2D eigenvalue weighted by atomic mass is 10.1. The molecule has 0 radical (unpaired) electrons. The second kappa shape index (κ2) is 5.31. The van der Waals surface area contributed by atoms with Crippen molar-refractivity contribution in [2.75, 3.05) is 21.2 Å². The highest BCUT2D eigenvalue weighted by atomic mass is 17.2. The molecule has 0 saturated heterocycles. The maximum absolute atomic E-state index is 5.77. The topological polar surface area (TPSA) is 34.8 Å². The molecular formula is C13H17NO3. The van der Waals surface area contributed by atoms with Crippen LogP contribution < -0.4 is 0 Å². The molecule has 17 heavy (non-hydrogen) atoms. The van der Waals surface area contributed by atoms with Gasteiger partial charge in [0.1, 0.15) is 18.0 Å². The summed E-state index contributed by atoms with van der Waals surface area (Å²) in [6.07, 6.45) is 0. The summed E-state index contributed by atoms with van der Waals surface area (Å²) in [5.74, 6) is 0.821. The van der Waals surface area contributed by atoms with Gasteiger partial charge in [0.25, 0.3) is 0 Å². The summed E-state index contributed by atoms with van der Waals surface area (Å²) in [7, 11) is 5.56. The quantitative estimate of drug-likeness (QED) is 0.589. The fourth-order valence-corrected chi connectivity index (χ4v) is 1.87. The summed E-state index contributed by atoms with van der Waals surface area (Å²) in [6.45, 7) is 1.15. The Balaban J connectivity index is 2.41. The van der Waals surface area contributed by atoms with Gasteiger partial charge in [-0.05, 0) is 20.2 Å². The minimum absolute atomic E-state index is 0.328. The van der Waals surface area contributed by atoms with Gasteiger partial charge in [-0.25, -0.2) is 9.78 Å².